The van der Waals surface area contributed by atoms with Gasteiger partial charge in [-0.25, -0.2) is 31.9 Å². The van der Waals surface area contributed by atoms with Crippen LogP contribution in [0, 0.1) is 30.9 Å². The van der Waals surface area contributed by atoms with Crippen molar-refractivity contribution in [2.24, 2.45) is 0 Å². The first kappa shape index (κ1) is 22.6. The first-order chi connectivity index (χ1) is 15.6. The van der Waals surface area contributed by atoms with E-state index in [1.807, 2.05) is 0 Å². The summed E-state index contributed by atoms with van der Waals surface area (Å²) in [6.45, 7) is 1.39. The van der Waals surface area contributed by atoms with E-state index in [4.69, 9.17) is 6.42 Å². The van der Waals surface area contributed by atoms with Crippen molar-refractivity contribution in [1.82, 2.24) is 14.5 Å². The van der Waals surface area contributed by atoms with Gasteiger partial charge in [0.15, 0.2) is 0 Å². The fraction of sp³-hybridized carbons (Fsp3) is 0.318. The van der Waals surface area contributed by atoms with E-state index in [9.17, 15) is 31.1 Å². The zero-order valence-corrected chi connectivity index (χ0v) is 17.1. The van der Waals surface area contributed by atoms with Crippen LogP contribution in [-0.2, 0) is 5.54 Å². The molecule has 0 saturated heterocycles. The lowest BCUT2D eigenvalue weighted by molar-refractivity contribution is 0.0648. The van der Waals surface area contributed by atoms with Gasteiger partial charge in [-0.05, 0) is 19.8 Å². The van der Waals surface area contributed by atoms with E-state index < -0.39 is 52.7 Å². The van der Waals surface area contributed by atoms with E-state index in [2.05, 4.69) is 21.2 Å². The Balaban J connectivity index is 1.88. The van der Waals surface area contributed by atoms with Gasteiger partial charge >= 0.3 is 0 Å². The smallest absolute Gasteiger partial charge is 0.289 e. The van der Waals surface area contributed by atoms with Crippen LogP contribution in [0.3, 0.4) is 0 Å². The molecule has 0 radical (unpaired) electrons. The second-order valence-electron chi connectivity index (χ2n) is 7.70. The van der Waals surface area contributed by atoms with Crippen molar-refractivity contribution in [2.75, 3.05) is 5.32 Å². The monoisotopic (exact) mass is 466 g/mol. The number of alkyl halides is 4. The van der Waals surface area contributed by atoms with E-state index in [1.165, 1.54) is 19.1 Å². The number of fused-ring (bicyclic) bond motifs is 1. The molecule has 0 bridgehead atoms. The van der Waals surface area contributed by atoms with Crippen molar-refractivity contribution in [1.29, 1.82) is 0 Å². The van der Waals surface area contributed by atoms with Crippen molar-refractivity contribution in [2.45, 2.75) is 44.2 Å². The Kier molecular flexibility index (Phi) is 5.56. The van der Waals surface area contributed by atoms with Crippen molar-refractivity contribution >= 4 is 16.7 Å². The highest BCUT2D eigenvalue weighted by Gasteiger charge is 2.54. The molecule has 1 aromatic carbocycles. The number of anilines is 1. The number of terminal acetylenes is 1. The van der Waals surface area contributed by atoms with E-state index in [1.54, 1.807) is 0 Å². The summed E-state index contributed by atoms with van der Waals surface area (Å²) < 4.78 is 83.6. The summed E-state index contributed by atoms with van der Waals surface area (Å²) in [4.78, 5) is 20.5. The second-order valence-corrected chi connectivity index (χ2v) is 7.70. The highest BCUT2D eigenvalue weighted by molar-refractivity contribution is 5.89. The van der Waals surface area contributed by atoms with E-state index >= 15 is 0 Å². The average molecular weight is 466 g/mol. The Morgan fingerprint density at radius 1 is 1.12 bits per heavy atom. The van der Waals surface area contributed by atoms with E-state index in [0.717, 1.165) is 12.3 Å². The zero-order valence-electron chi connectivity index (χ0n) is 17.1. The summed E-state index contributed by atoms with van der Waals surface area (Å²) in [5.74, 6) is -0.515. The van der Waals surface area contributed by atoms with Gasteiger partial charge in [-0.1, -0.05) is 24.1 Å². The molecule has 2 aromatic heterocycles. The maximum absolute atomic E-state index is 14.9. The molecule has 0 amide bonds. The SMILES string of the molecule is C#CC(Nc1nc(C)nc2c(F)c(=O)n(C3(C(F)F)CC3)cc12)c1cccc(C(F)F)c1F. The number of nitrogens with one attached hydrogen (secondary N) is 1. The zero-order chi connectivity index (χ0) is 24.1. The van der Waals surface area contributed by atoms with Crippen LogP contribution in [0.5, 0.6) is 0 Å². The molecule has 4 rings (SSSR count). The molecule has 5 nitrogen and oxygen atoms in total. The minimum Gasteiger partial charge on any atom is -0.352 e. The Bertz CT molecular complexity index is 1340. The maximum Gasteiger partial charge on any atom is 0.289 e. The molecular formula is C22H16F6N4O. The van der Waals surface area contributed by atoms with Crippen LogP contribution in [-0.4, -0.2) is 21.0 Å². The highest BCUT2D eigenvalue weighted by atomic mass is 19.3. The normalized spacial score (nSPS) is 15.6. The molecule has 1 atom stereocenters. The van der Waals surface area contributed by atoms with Crippen LogP contribution in [0.1, 0.15) is 42.3 Å². The van der Waals surface area contributed by atoms with Gasteiger partial charge in [0.05, 0.1) is 10.9 Å². The third-order valence-electron chi connectivity index (χ3n) is 5.63. The summed E-state index contributed by atoms with van der Waals surface area (Å²) in [5, 5.41) is 2.53. The fourth-order valence-electron chi connectivity index (χ4n) is 3.70. The number of benzene rings is 1. The van der Waals surface area contributed by atoms with Crippen molar-refractivity contribution in [3.8, 4) is 12.3 Å². The van der Waals surface area contributed by atoms with Crippen LogP contribution in [0.25, 0.3) is 10.9 Å². The van der Waals surface area contributed by atoms with Crippen LogP contribution in [0.15, 0.2) is 29.2 Å². The molecule has 1 aliphatic carbocycles. The van der Waals surface area contributed by atoms with Gasteiger partial charge in [0.25, 0.3) is 18.4 Å². The third kappa shape index (κ3) is 3.69. The van der Waals surface area contributed by atoms with E-state index in [0.29, 0.717) is 4.57 Å². The molecule has 172 valence electrons. The van der Waals surface area contributed by atoms with Gasteiger partial charge in [0, 0.05) is 11.8 Å². The lowest BCUT2D eigenvalue weighted by atomic mass is 10.0. The average Bonchev–Trinajstić information content (AvgIpc) is 3.57. The van der Waals surface area contributed by atoms with Crippen LogP contribution in [0.2, 0.25) is 0 Å². The van der Waals surface area contributed by atoms with Crippen molar-refractivity contribution < 1.29 is 26.3 Å². The number of aromatic nitrogens is 3. The Morgan fingerprint density at radius 3 is 2.36 bits per heavy atom. The highest BCUT2D eigenvalue weighted by Crippen LogP contribution is 2.48. The van der Waals surface area contributed by atoms with Gasteiger partial charge < -0.3 is 9.88 Å². The standard InChI is InChI=1S/C22H16F6N4O/c1-3-14(11-5-4-6-12(15(11)23)18(25)26)31-19-13-9-32(22(7-8-22)21(27)28)20(33)16(24)17(13)29-10(2)30-19/h1,4-6,9,14,18,21H,7-8H2,2H3,(H,29,30,31). The first-order valence-corrected chi connectivity index (χ1v) is 9.78. The molecule has 2 heterocycles. The topological polar surface area (TPSA) is 59.8 Å². The van der Waals surface area contributed by atoms with Gasteiger partial charge in [-0.3, -0.25) is 4.79 Å². The Hall–Kier alpha value is -3.55. The number of hydrogen-bond donors (Lipinski definition) is 1. The van der Waals surface area contributed by atoms with Crippen molar-refractivity contribution in [3.05, 3.63) is 63.3 Å². The fourth-order valence-corrected chi connectivity index (χ4v) is 3.70. The molecule has 1 N–H and O–H groups in total. The molecule has 1 saturated carbocycles. The predicted octanol–water partition coefficient (Wildman–Crippen LogP) is 4.86. The Morgan fingerprint density at radius 2 is 1.79 bits per heavy atom. The number of nitrogens with zero attached hydrogens (tertiary/aromatic N) is 3. The maximum atomic E-state index is 14.9. The van der Waals surface area contributed by atoms with Crippen LogP contribution in [0.4, 0.5) is 32.2 Å². The molecule has 11 heteroatoms. The van der Waals surface area contributed by atoms with Crippen molar-refractivity contribution in [3.63, 3.8) is 0 Å². The number of halogens is 6. The predicted molar refractivity (Wildman–Crippen MR) is 108 cm³/mol. The van der Waals surface area contributed by atoms with E-state index in [-0.39, 0.29) is 35.4 Å². The molecule has 3 aromatic rings. The molecule has 0 aliphatic heterocycles. The minimum atomic E-state index is -3.09. The summed E-state index contributed by atoms with van der Waals surface area (Å²) >= 11 is 0. The Labute approximate surface area is 183 Å². The van der Waals surface area contributed by atoms with Crippen LogP contribution < -0.4 is 10.9 Å². The van der Waals surface area contributed by atoms with Gasteiger partial charge in [0.1, 0.15) is 34.6 Å². The number of hydrogen-bond acceptors (Lipinski definition) is 4. The lowest BCUT2D eigenvalue weighted by Crippen LogP contribution is -2.37. The molecule has 1 aliphatic rings. The lowest BCUT2D eigenvalue weighted by Gasteiger charge is -2.21. The number of aryl methyl sites for hydroxylation is 1. The van der Waals surface area contributed by atoms with Gasteiger partial charge in [0.2, 0.25) is 5.82 Å². The minimum absolute atomic E-state index is 0.00798. The summed E-state index contributed by atoms with van der Waals surface area (Å²) in [7, 11) is 0. The first-order valence-electron chi connectivity index (χ1n) is 9.78. The molecular weight excluding hydrogens is 450 g/mol. The van der Waals surface area contributed by atoms with Gasteiger partial charge in [-0.2, -0.15) is 4.39 Å². The second kappa shape index (κ2) is 8.10. The number of pyridine rings is 1. The largest absolute Gasteiger partial charge is 0.352 e. The summed E-state index contributed by atoms with van der Waals surface area (Å²) in [6, 6.07) is 1.98. The van der Waals surface area contributed by atoms with Gasteiger partial charge in [-0.15, -0.1) is 6.42 Å². The van der Waals surface area contributed by atoms with Crippen LogP contribution >= 0.6 is 0 Å². The molecule has 1 unspecified atom stereocenters. The summed E-state index contributed by atoms with van der Waals surface area (Å²) in [5.41, 5.74) is -4.68. The summed E-state index contributed by atoms with van der Waals surface area (Å²) in [6.07, 6.45) is 0.459. The number of rotatable bonds is 6. The molecule has 33 heavy (non-hydrogen) atoms. The third-order valence-corrected chi connectivity index (χ3v) is 5.63. The molecule has 0 spiro atoms. The molecule has 1 fully saturated rings. The quantitative estimate of drug-likeness (QED) is 0.417.